The molecule has 0 aliphatic heterocycles. The van der Waals surface area contributed by atoms with Gasteiger partial charge in [0.25, 0.3) is 0 Å². The Morgan fingerprint density at radius 3 is 2.42 bits per heavy atom. The molecule has 0 fully saturated rings. The fraction of sp³-hybridized carbons (Fsp3) is 0.0833. The fourth-order valence-electron chi connectivity index (χ4n) is 1.39. The van der Waals surface area contributed by atoms with Gasteiger partial charge in [0.1, 0.15) is 5.03 Å². The van der Waals surface area contributed by atoms with E-state index in [1.165, 1.54) is 18.0 Å². The minimum atomic E-state index is -3.16. The van der Waals surface area contributed by atoms with Gasteiger partial charge in [0.05, 0.1) is 10.6 Å². The average Bonchev–Trinajstić information content (AvgIpc) is 2.32. The van der Waals surface area contributed by atoms with E-state index in [4.69, 9.17) is 5.73 Å². The number of halogens is 1. The summed E-state index contributed by atoms with van der Waals surface area (Å²) in [5, 5.41) is 0.690. The number of anilines is 1. The number of pyridine rings is 1. The van der Waals surface area contributed by atoms with Gasteiger partial charge in [0.2, 0.25) is 0 Å². The molecule has 0 unspecified atom stereocenters. The molecule has 0 aliphatic rings. The van der Waals surface area contributed by atoms with Crippen LogP contribution in [-0.2, 0) is 9.84 Å². The largest absolute Gasteiger partial charge is 0.397 e. The first-order valence-corrected chi connectivity index (χ1v) is 8.75. The Bertz CT molecular complexity index is 700. The minimum absolute atomic E-state index is 0.300. The molecule has 0 aliphatic carbocycles. The number of hydrogen-bond acceptors (Lipinski definition) is 5. The molecule has 1 aromatic heterocycles. The highest BCUT2D eigenvalue weighted by atomic mass is 79.9. The van der Waals surface area contributed by atoms with Gasteiger partial charge in [-0.3, -0.25) is 0 Å². The minimum Gasteiger partial charge on any atom is -0.397 e. The summed E-state index contributed by atoms with van der Waals surface area (Å²) in [6.07, 6.45) is 2.85. The molecular weight excluding hydrogens is 348 g/mol. The summed E-state index contributed by atoms with van der Waals surface area (Å²) < 4.78 is 23.5. The van der Waals surface area contributed by atoms with Crippen molar-refractivity contribution in [2.24, 2.45) is 0 Å². The summed E-state index contributed by atoms with van der Waals surface area (Å²) in [5.74, 6) is 0. The van der Waals surface area contributed by atoms with E-state index in [1.807, 2.05) is 0 Å². The van der Waals surface area contributed by atoms with Gasteiger partial charge >= 0.3 is 0 Å². The topological polar surface area (TPSA) is 73.0 Å². The molecule has 1 heterocycles. The third-order valence-corrected chi connectivity index (χ3v) is 4.92. The number of sulfone groups is 1. The third kappa shape index (κ3) is 3.71. The van der Waals surface area contributed by atoms with E-state index in [0.717, 1.165) is 9.37 Å². The second-order valence-electron chi connectivity index (χ2n) is 3.89. The summed E-state index contributed by atoms with van der Waals surface area (Å²) in [4.78, 5) is 5.40. The van der Waals surface area contributed by atoms with E-state index in [0.29, 0.717) is 15.6 Å². The summed E-state index contributed by atoms with van der Waals surface area (Å²) in [7, 11) is -3.16. The van der Waals surface area contributed by atoms with Crippen LogP contribution in [0.1, 0.15) is 0 Å². The predicted octanol–water partition coefficient (Wildman–Crippen LogP) is 2.98. The van der Waals surface area contributed by atoms with Crippen molar-refractivity contribution in [3.05, 3.63) is 41.0 Å². The number of rotatable bonds is 3. The molecule has 4 nitrogen and oxygen atoms in total. The van der Waals surface area contributed by atoms with Crippen molar-refractivity contribution in [1.82, 2.24) is 4.98 Å². The summed E-state index contributed by atoms with van der Waals surface area (Å²) in [6.45, 7) is 0. The van der Waals surface area contributed by atoms with Crippen LogP contribution in [0, 0.1) is 0 Å². The van der Waals surface area contributed by atoms with Crippen molar-refractivity contribution in [2.45, 2.75) is 14.8 Å². The first kappa shape index (κ1) is 14.4. The molecule has 2 rings (SSSR count). The molecule has 0 atom stereocenters. The molecule has 1 aromatic carbocycles. The van der Waals surface area contributed by atoms with E-state index in [2.05, 4.69) is 20.9 Å². The van der Waals surface area contributed by atoms with E-state index < -0.39 is 9.84 Å². The molecule has 0 spiro atoms. The Hall–Kier alpha value is -1.05. The first-order valence-electron chi connectivity index (χ1n) is 5.25. The number of nitrogens with zero attached hydrogens (tertiary/aromatic N) is 1. The van der Waals surface area contributed by atoms with Gasteiger partial charge in [-0.1, -0.05) is 11.8 Å². The van der Waals surface area contributed by atoms with Crippen LogP contribution in [0.4, 0.5) is 5.69 Å². The van der Waals surface area contributed by atoms with Crippen LogP contribution in [0.3, 0.4) is 0 Å². The standard InChI is InChI=1S/C12H11BrN2O2S2/c1-19(16,17)10-4-2-9(3-5-10)18-12-11(14)6-8(13)7-15-12/h2-7H,14H2,1H3. The van der Waals surface area contributed by atoms with Crippen LogP contribution >= 0.6 is 27.7 Å². The van der Waals surface area contributed by atoms with Crippen LogP contribution in [0.25, 0.3) is 0 Å². The molecule has 19 heavy (non-hydrogen) atoms. The maximum absolute atomic E-state index is 11.3. The highest BCUT2D eigenvalue weighted by Crippen LogP contribution is 2.31. The number of nitrogen functional groups attached to an aromatic ring is 1. The van der Waals surface area contributed by atoms with Crippen molar-refractivity contribution >= 4 is 43.2 Å². The highest BCUT2D eigenvalue weighted by Gasteiger charge is 2.08. The molecule has 0 saturated carbocycles. The van der Waals surface area contributed by atoms with Crippen molar-refractivity contribution < 1.29 is 8.42 Å². The Labute approximate surface area is 124 Å². The Morgan fingerprint density at radius 1 is 1.26 bits per heavy atom. The molecule has 0 bridgehead atoms. The van der Waals surface area contributed by atoms with Gasteiger partial charge < -0.3 is 5.73 Å². The van der Waals surface area contributed by atoms with Gasteiger partial charge in [0.15, 0.2) is 9.84 Å². The average molecular weight is 359 g/mol. The summed E-state index contributed by atoms with van der Waals surface area (Å²) in [5.41, 5.74) is 6.43. The monoisotopic (exact) mass is 358 g/mol. The van der Waals surface area contributed by atoms with Crippen molar-refractivity contribution in [3.8, 4) is 0 Å². The molecule has 2 aromatic rings. The van der Waals surface area contributed by atoms with E-state index >= 15 is 0 Å². The first-order chi connectivity index (χ1) is 8.86. The Kier molecular flexibility index (Phi) is 4.17. The molecule has 7 heteroatoms. The molecule has 2 N–H and O–H groups in total. The lowest BCUT2D eigenvalue weighted by Gasteiger charge is -2.05. The van der Waals surface area contributed by atoms with E-state index in [1.54, 1.807) is 36.5 Å². The van der Waals surface area contributed by atoms with E-state index in [-0.39, 0.29) is 0 Å². The van der Waals surface area contributed by atoms with Crippen LogP contribution in [0.2, 0.25) is 0 Å². The lowest BCUT2D eigenvalue weighted by Crippen LogP contribution is -1.96. The van der Waals surface area contributed by atoms with Gasteiger partial charge in [-0.25, -0.2) is 13.4 Å². The SMILES string of the molecule is CS(=O)(=O)c1ccc(Sc2ncc(Br)cc2N)cc1. The van der Waals surface area contributed by atoms with Crippen molar-refractivity contribution in [1.29, 1.82) is 0 Å². The van der Waals surface area contributed by atoms with Gasteiger partial charge in [-0.15, -0.1) is 0 Å². The van der Waals surface area contributed by atoms with Gasteiger partial charge in [-0.2, -0.15) is 0 Å². The fourth-order valence-corrected chi connectivity index (χ4v) is 3.15. The maximum Gasteiger partial charge on any atom is 0.175 e. The zero-order valence-corrected chi connectivity index (χ0v) is 13.2. The number of nitrogens with two attached hydrogens (primary N) is 1. The molecule has 0 saturated heterocycles. The normalized spacial score (nSPS) is 11.5. The zero-order chi connectivity index (χ0) is 14.0. The van der Waals surface area contributed by atoms with Crippen molar-refractivity contribution in [2.75, 3.05) is 12.0 Å². The molecule has 0 radical (unpaired) electrons. The van der Waals surface area contributed by atoms with Gasteiger partial charge in [-0.05, 0) is 46.3 Å². The summed E-state index contributed by atoms with van der Waals surface area (Å²) >= 11 is 4.69. The van der Waals surface area contributed by atoms with Gasteiger partial charge in [0, 0.05) is 21.8 Å². The van der Waals surface area contributed by atoms with Crippen LogP contribution in [-0.4, -0.2) is 19.7 Å². The number of benzene rings is 1. The second kappa shape index (κ2) is 5.52. The van der Waals surface area contributed by atoms with E-state index in [9.17, 15) is 8.42 Å². The predicted molar refractivity (Wildman–Crippen MR) is 80.0 cm³/mol. The van der Waals surface area contributed by atoms with Crippen LogP contribution in [0.5, 0.6) is 0 Å². The lowest BCUT2D eigenvalue weighted by atomic mass is 10.4. The zero-order valence-electron chi connectivity index (χ0n) is 10.00. The molecule has 0 amide bonds. The quantitative estimate of drug-likeness (QED) is 0.912. The van der Waals surface area contributed by atoms with Crippen LogP contribution < -0.4 is 5.73 Å². The molecule has 100 valence electrons. The lowest BCUT2D eigenvalue weighted by molar-refractivity contribution is 0.602. The Balaban J connectivity index is 2.25. The number of aromatic nitrogens is 1. The summed E-state index contributed by atoms with van der Waals surface area (Å²) in [6, 6.07) is 8.41. The smallest absolute Gasteiger partial charge is 0.175 e. The van der Waals surface area contributed by atoms with Crippen molar-refractivity contribution in [3.63, 3.8) is 0 Å². The maximum atomic E-state index is 11.3. The van der Waals surface area contributed by atoms with Crippen LogP contribution in [0.15, 0.2) is 55.8 Å². The highest BCUT2D eigenvalue weighted by molar-refractivity contribution is 9.10. The Morgan fingerprint density at radius 2 is 1.89 bits per heavy atom. The number of hydrogen-bond donors (Lipinski definition) is 1. The molecular formula is C12H11BrN2O2S2. The second-order valence-corrected chi connectivity index (χ2v) is 7.89. The third-order valence-electron chi connectivity index (χ3n) is 2.31.